The summed E-state index contributed by atoms with van der Waals surface area (Å²) >= 11 is 0. The van der Waals surface area contributed by atoms with Gasteiger partial charge < -0.3 is 15.3 Å². The molecule has 0 aliphatic carbocycles. The second-order valence-corrected chi connectivity index (χ2v) is 2.45. The highest BCUT2D eigenvalue weighted by Gasteiger charge is 2.35. The molecule has 0 bridgehead atoms. The predicted octanol–water partition coefficient (Wildman–Crippen LogP) is 1.29. The van der Waals surface area contributed by atoms with Crippen molar-refractivity contribution in [3.8, 4) is 0 Å². The largest absolute Gasteiger partial charge is 0.454 e. The number of furan rings is 1. The third kappa shape index (κ3) is 2.22. The lowest BCUT2D eigenvalue weighted by atomic mass is 10.3. The minimum absolute atomic E-state index is 0.171. The smallest absolute Gasteiger partial charge is 0.449 e. The second kappa shape index (κ2) is 3.39. The van der Waals surface area contributed by atoms with E-state index in [1.807, 2.05) is 0 Å². The summed E-state index contributed by atoms with van der Waals surface area (Å²) in [6.45, 7) is -0.176. The summed E-state index contributed by atoms with van der Waals surface area (Å²) in [6.07, 6.45) is -5.71. The summed E-state index contributed by atoms with van der Waals surface area (Å²) in [5.41, 5.74) is 5.03. The number of hydrogen-bond donors (Lipinski definition) is 2. The molecule has 1 atom stereocenters. The summed E-state index contributed by atoms with van der Waals surface area (Å²) in [4.78, 5) is 0. The van der Waals surface area contributed by atoms with Gasteiger partial charge in [-0.05, 0) is 12.1 Å². The normalized spacial score (nSPS) is 14.5. The van der Waals surface area contributed by atoms with Crippen LogP contribution in [0.3, 0.4) is 0 Å². The van der Waals surface area contributed by atoms with Crippen molar-refractivity contribution in [1.29, 1.82) is 0 Å². The molecule has 0 aromatic carbocycles. The summed E-state index contributed by atoms with van der Waals surface area (Å²) in [7, 11) is 0. The van der Waals surface area contributed by atoms with Crippen molar-refractivity contribution in [2.75, 3.05) is 6.54 Å². The molecule has 0 aliphatic heterocycles. The Hall–Kier alpha value is -1.01. The zero-order valence-electron chi connectivity index (χ0n) is 6.51. The minimum Gasteiger partial charge on any atom is -0.454 e. The highest BCUT2D eigenvalue weighted by Crippen LogP contribution is 2.31. The van der Waals surface area contributed by atoms with E-state index < -0.39 is 18.0 Å². The fourth-order valence-electron chi connectivity index (χ4n) is 0.800. The first-order valence-corrected chi connectivity index (χ1v) is 3.50. The van der Waals surface area contributed by atoms with Gasteiger partial charge in [-0.1, -0.05) is 0 Å². The fourth-order valence-corrected chi connectivity index (χ4v) is 0.800. The molecule has 1 rings (SSSR count). The average Bonchev–Trinajstić information content (AvgIpc) is 2.50. The van der Waals surface area contributed by atoms with Crippen LogP contribution in [-0.2, 0) is 6.18 Å². The molecule has 1 aromatic rings. The number of halogens is 3. The number of nitrogens with two attached hydrogens (primary N) is 1. The Labute approximate surface area is 72.0 Å². The molecular weight excluding hydrogens is 187 g/mol. The molecule has 1 unspecified atom stereocenters. The lowest BCUT2D eigenvalue weighted by molar-refractivity contribution is -0.153. The summed E-state index contributed by atoms with van der Waals surface area (Å²) in [5, 5.41) is 9.02. The van der Waals surface area contributed by atoms with Crippen LogP contribution in [0.2, 0.25) is 0 Å². The van der Waals surface area contributed by atoms with Crippen molar-refractivity contribution >= 4 is 0 Å². The van der Waals surface area contributed by atoms with Gasteiger partial charge in [0.05, 0.1) is 0 Å². The lowest BCUT2D eigenvalue weighted by Crippen LogP contribution is -2.10. The van der Waals surface area contributed by atoms with Crippen LogP contribution in [0.15, 0.2) is 16.5 Å². The maximum absolute atomic E-state index is 12.0. The molecule has 0 fully saturated rings. The van der Waals surface area contributed by atoms with Crippen molar-refractivity contribution in [2.24, 2.45) is 5.73 Å². The number of rotatable bonds is 2. The maximum atomic E-state index is 12.0. The summed E-state index contributed by atoms with van der Waals surface area (Å²) < 4.78 is 40.2. The first-order valence-electron chi connectivity index (χ1n) is 3.50. The van der Waals surface area contributed by atoms with E-state index in [4.69, 9.17) is 10.8 Å². The third-order valence-electron chi connectivity index (χ3n) is 1.46. The zero-order valence-corrected chi connectivity index (χ0v) is 6.51. The first-order chi connectivity index (χ1) is 5.95. The van der Waals surface area contributed by atoms with Gasteiger partial charge in [-0.3, -0.25) is 0 Å². The standard InChI is InChI=1S/C7H8F3NO2/c8-7(9,10)6-2-1-5(13-6)4(12)3-11/h1-2,4,12H,3,11H2. The quantitative estimate of drug-likeness (QED) is 0.747. The topological polar surface area (TPSA) is 59.4 Å². The van der Waals surface area contributed by atoms with Crippen LogP contribution in [-0.4, -0.2) is 11.7 Å². The van der Waals surface area contributed by atoms with Crippen LogP contribution >= 0.6 is 0 Å². The Balaban J connectivity index is 2.87. The molecule has 6 heteroatoms. The predicted molar refractivity (Wildman–Crippen MR) is 37.7 cm³/mol. The molecule has 74 valence electrons. The van der Waals surface area contributed by atoms with Gasteiger partial charge in [-0.2, -0.15) is 13.2 Å². The number of aliphatic hydroxyl groups excluding tert-OH is 1. The molecular formula is C7H8F3NO2. The zero-order chi connectivity index (χ0) is 10.1. The third-order valence-corrected chi connectivity index (χ3v) is 1.46. The molecule has 3 nitrogen and oxygen atoms in total. The van der Waals surface area contributed by atoms with E-state index >= 15 is 0 Å². The molecule has 13 heavy (non-hydrogen) atoms. The molecule has 1 heterocycles. The van der Waals surface area contributed by atoms with Gasteiger partial charge in [0, 0.05) is 6.54 Å². The van der Waals surface area contributed by atoms with Crippen LogP contribution in [0.4, 0.5) is 13.2 Å². The van der Waals surface area contributed by atoms with E-state index in [0.717, 1.165) is 12.1 Å². The van der Waals surface area contributed by atoms with Crippen LogP contribution < -0.4 is 5.73 Å². The first kappa shape index (κ1) is 10.1. The van der Waals surface area contributed by atoms with Gasteiger partial charge in [0.2, 0.25) is 5.76 Å². The molecule has 1 aromatic heterocycles. The van der Waals surface area contributed by atoms with E-state index in [9.17, 15) is 13.2 Å². The highest BCUT2D eigenvalue weighted by molar-refractivity contribution is 5.11. The van der Waals surface area contributed by atoms with Crippen molar-refractivity contribution in [2.45, 2.75) is 12.3 Å². The van der Waals surface area contributed by atoms with E-state index in [1.165, 1.54) is 0 Å². The number of alkyl halides is 3. The van der Waals surface area contributed by atoms with E-state index in [0.29, 0.717) is 0 Å². The van der Waals surface area contributed by atoms with Crippen molar-refractivity contribution < 1.29 is 22.7 Å². The summed E-state index contributed by atoms with van der Waals surface area (Å²) in [6, 6.07) is 1.81. The molecule has 0 aliphatic rings. The van der Waals surface area contributed by atoms with E-state index in [2.05, 4.69) is 4.42 Å². The van der Waals surface area contributed by atoms with Crippen LogP contribution in [0, 0.1) is 0 Å². The van der Waals surface area contributed by atoms with Gasteiger partial charge >= 0.3 is 6.18 Å². The molecule has 0 spiro atoms. The van der Waals surface area contributed by atoms with Crippen molar-refractivity contribution in [3.63, 3.8) is 0 Å². The van der Waals surface area contributed by atoms with Gasteiger partial charge in [-0.25, -0.2) is 0 Å². The number of hydrogen-bond acceptors (Lipinski definition) is 3. The molecule has 3 N–H and O–H groups in total. The Bertz CT molecular complexity index is 282. The summed E-state index contributed by atoms with van der Waals surface area (Å²) in [5.74, 6) is -1.30. The second-order valence-electron chi connectivity index (χ2n) is 2.45. The van der Waals surface area contributed by atoms with Gasteiger partial charge in [0.1, 0.15) is 11.9 Å². The van der Waals surface area contributed by atoms with Crippen LogP contribution in [0.25, 0.3) is 0 Å². The minimum atomic E-state index is -4.52. The Morgan fingerprint density at radius 1 is 1.46 bits per heavy atom. The molecule has 0 saturated carbocycles. The van der Waals surface area contributed by atoms with Crippen molar-refractivity contribution in [1.82, 2.24) is 0 Å². The molecule has 0 saturated heterocycles. The molecule has 0 amide bonds. The number of aliphatic hydroxyl groups is 1. The van der Waals surface area contributed by atoms with Crippen molar-refractivity contribution in [3.05, 3.63) is 23.7 Å². The molecule has 0 radical (unpaired) electrons. The van der Waals surface area contributed by atoms with Crippen LogP contribution in [0.1, 0.15) is 17.6 Å². The fraction of sp³-hybridized carbons (Fsp3) is 0.429. The Morgan fingerprint density at radius 3 is 2.46 bits per heavy atom. The highest BCUT2D eigenvalue weighted by atomic mass is 19.4. The average molecular weight is 195 g/mol. The van der Waals surface area contributed by atoms with Crippen LogP contribution in [0.5, 0.6) is 0 Å². The lowest BCUT2D eigenvalue weighted by Gasteiger charge is -2.04. The van der Waals surface area contributed by atoms with Gasteiger partial charge in [-0.15, -0.1) is 0 Å². The van der Waals surface area contributed by atoms with E-state index in [1.54, 1.807) is 0 Å². The Kier molecular flexibility index (Phi) is 2.63. The monoisotopic (exact) mass is 195 g/mol. The van der Waals surface area contributed by atoms with Gasteiger partial charge in [0.25, 0.3) is 0 Å². The Morgan fingerprint density at radius 2 is 2.08 bits per heavy atom. The van der Waals surface area contributed by atoms with Gasteiger partial charge in [0.15, 0.2) is 0 Å². The van der Waals surface area contributed by atoms with E-state index in [-0.39, 0.29) is 12.3 Å². The SMILES string of the molecule is NCC(O)c1ccc(C(F)(F)F)o1. The maximum Gasteiger partial charge on any atom is 0.449 e.